The van der Waals surface area contributed by atoms with E-state index in [4.69, 9.17) is 11.6 Å². The van der Waals surface area contributed by atoms with Crippen molar-refractivity contribution in [2.45, 2.75) is 33.1 Å². The van der Waals surface area contributed by atoms with Gasteiger partial charge in [-0.3, -0.25) is 0 Å². The van der Waals surface area contributed by atoms with Crippen LogP contribution < -0.4 is 4.90 Å². The fraction of sp³-hybridized carbons (Fsp3) is 0.538. The Hall–Kier alpha value is -0.690. The van der Waals surface area contributed by atoms with E-state index in [2.05, 4.69) is 30.9 Å². The molecule has 0 aromatic heterocycles. The standard InChI is InChI=1S/C13H20ClN/c1-3-5-11-15(10-4-2)13-9-7-6-8-12(13)14/h6-9H,3-5,10-11H2,1-2H3. The number of para-hydroxylation sites is 1. The van der Waals surface area contributed by atoms with Gasteiger partial charge in [0.05, 0.1) is 10.7 Å². The van der Waals surface area contributed by atoms with Crippen LogP contribution in [-0.2, 0) is 0 Å². The maximum Gasteiger partial charge on any atom is 0.0639 e. The number of anilines is 1. The van der Waals surface area contributed by atoms with E-state index in [1.54, 1.807) is 0 Å². The van der Waals surface area contributed by atoms with Crippen molar-refractivity contribution in [1.82, 2.24) is 0 Å². The van der Waals surface area contributed by atoms with E-state index in [0.717, 1.165) is 24.5 Å². The van der Waals surface area contributed by atoms with Gasteiger partial charge in [-0.1, -0.05) is 44.0 Å². The molecule has 2 heteroatoms. The largest absolute Gasteiger partial charge is 0.370 e. The van der Waals surface area contributed by atoms with Gasteiger partial charge in [0.15, 0.2) is 0 Å². The Balaban J connectivity index is 2.74. The Morgan fingerprint density at radius 3 is 2.40 bits per heavy atom. The summed E-state index contributed by atoms with van der Waals surface area (Å²) in [6, 6.07) is 8.10. The van der Waals surface area contributed by atoms with Gasteiger partial charge in [0.25, 0.3) is 0 Å². The molecule has 0 spiro atoms. The number of nitrogens with zero attached hydrogens (tertiary/aromatic N) is 1. The molecule has 0 N–H and O–H groups in total. The first kappa shape index (κ1) is 12.4. The molecule has 0 radical (unpaired) electrons. The quantitative estimate of drug-likeness (QED) is 0.696. The second-order valence-electron chi connectivity index (χ2n) is 3.79. The molecule has 15 heavy (non-hydrogen) atoms. The Bertz CT molecular complexity index is 286. The lowest BCUT2D eigenvalue weighted by Gasteiger charge is -2.25. The smallest absolute Gasteiger partial charge is 0.0639 e. The summed E-state index contributed by atoms with van der Waals surface area (Å²) in [5.74, 6) is 0. The minimum Gasteiger partial charge on any atom is -0.370 e. The maximum atomic E-state index is 6.19. The Labute approximate surface area is 98.0 Å². The Kier molecular flexibility index (Phi) is 5.56. The predicted molar refractivity (Wildman–Crippen MR) is 68.9 cm³/mol. The number of halogens is 1. The lowest BCUT2D eigenvalue weighted by Crippen LogP contribution is -2.25. The number of hydrogen-bond donors (Lipinski definition) is 0. The molecule has 1 aromatic carbocycles. The van der Waals surface area contributed by atoms with Crippen LogP contribution in [0.15, 0.2) is 24.3 Å². The van der Waals surface area contributed by atoms with Crippen LogP contribution >= 0.6 is 11.6 Å². The SMILES string of the molecule is CCCCN(CCC)c1ccccc1Cl. The molecule has 0 fully saturated rings. The first-order valence-electron chi connectivity index (χ1n) is 5.79. The summed E-state index contributed by atoms with van der Waals surface area (Å²) in [6.45, 7) is 6.62. The molecule has 0 unspecified atom stereocenters. The third kappa shape index (κ3) is 3.75. The molecule has 1 nitrogen and oxygen atoms in total. The van der Waals surface area contributed by atoms with E-state index in [9.17, 15) is 0 Å². The molecule has 0 heterocycles. The average molecular weight is 226 g/mol. The van der Waals surface area contributed by atoms with Crippen LogP contribution in [0.4, 0.5) is 5.69 Å². The van der Waals surface area contributed by atoms with Gasteiger partial charge in [-0.2, -0.15) is 0 Å². The molecule has 0 aliphatic heterocycles. The van der Waals surface area contributed by atoms with Crippen LogP contribution in [0.2, 0.25) is 5.02 Å². The summed E-state index contributed by atoms with van der Waals surface area (Å²) >= 11 is 6.19. The van der Waals surface area contributed by atoms with Crippen LogP contribution in [0.5, 0.6) is 0 Å². The average Bonchev–Trinajstić information content (AvgIpc) is 2.25. The molecule has 0 atom stereocenters. The normalized spacial score (nSPS) is 10.3. The third-order valence-corrected chi connectivity index (χ3v) is 2.79. The summed E-state index contributed by atoms with van der Waals surface area (Å²) < 4.78 is 0. The second kappa shape index (κ2) is 6.73. The highest BCUT2D eigenvalue weighted by Crippen LogP contribution is 2.25. The van der Waals surface area contributed by atoms with Gasteiger partial charge in [-0.15, -0.1) is 0 Å². The van der Waals surface area contributed by atoms with E-state index in [1.807, 2.05) is 12.1 Å². The van der Waals surface area contributed by atoms with Crippen molar-refractivity contribution in [1.29, 1.82) is 0 Å². The lowest BCUT2D eigenvalue weighted by atomic mass is 10.2. The number of benzene rings is 1. The fourth-order valence-corrected chi connectivity index (χ4v) is 1.94. The van der Waals surface area contributed by atoms with Crippen molar-refractivity contribution in [2.75, 3.05) is 18.0 Å². The summed E-state index contributed by atoms with van der Waals surface area (Å²) in [6.07, 6.45) is 3.62. The Morgan fingerprint density at radius 2 is 1.80 bits per heavy atom. The molecule has 0 saturated carbocycles. The van der Waals surface area contributed by atoms with Crippen LogP contribution in [0.25, 0.3) is 0 Å². The number of rotatable bonds is 6. The molecule has 84 valence electrons. The van der Waals surface area contributed by atoms with E-state index in [-0.39, 0.29) is 0 Å². The number of unbranched alkanes of at least 4 members (excludes halogenated alkanes) is 1. The van der Waals surface area contributed by atoms with E-state index >= 15 is 0 Å². The molecular weight excluding hydrogens is 206 g/mol. The highest BCUT2D eigenvalue weighted by Gasteiger charge is 2.07. The highest BCUT2D eigenvalue weighted by atomic mass is 35.5. The van der Waals surface area contributed by atoms with Crippen molar-refractivity contribution in [3.8, 4) is 0 Å². The van der Waals surface area contributed by atoms with E-state index < -0.39 is 0 Å². The van der Waals surface area contributed by atoms with Crippen LogP contribution in [0.3, 0.4) is 0 Å². The van der Waals surface area contributed by atoms with Gasteiger partial charge < -0.3 is 4.90 Å². The van der Waals surface area contributed by atoms with Gasteiger partial charge >= 0.3 is 0 Å². The maximum absolute atomic E-state index is 6.19. The molecule has 1 rings (SSSR count). The summed E-state index contributed by atoms with van der Waals surface area (Å²) in [4.78, 5) is 2.38. The van der Waals surface area contributed by atoms with Crippen molar-refractivity contribution in [3.63, 3.8) is 0 Å². The van der Waals surface area contributed by atoms with Gasteiger partial charge in [0.2, 0.25) is 0 Å². The van der Waals surface area contributed by atoms with Gasteiger partial charge in [0, 0.05) is 13.1 Å². The van der Waals surface area contributed by atoms with Crippen molar-refractivity contribution in [3.05, 3.63) is 29.3 Å². The minimum atomic E-state index is 0.863. The summed E-state index contributed by atoms with van der Waals surface area (Å²) in [5, 5.41) is 0.863. The third-order valence-electron chi connectivity index (χ3n) is 2.47. The summed E-state index contributed by atoms with van der Waals surface area (Å²) in [7, 11) is 0. The van der Waals surface area contributed by atoms with Crippen LogP contribution in [-0.4, -0.2) is 13.1 Å². The molecule has 0 aliphatic rings. The van der Waals surface area contributed by atoms with E-state index in [1.165, 1.54) is 18.5 Å². The highest BCUT2D eigenvalue weighted by molar-refractivity contribution is 6.33. The molecule has 0 aliphatic carbocycles. The minimum absolute atomic E-state index is 0.863. The van der Waals surface area contributed by atoms with Crippen molar-refractivity contribution >= 4 is 17.3 Å². The van der Waals surface area contributed by atoms with E-state index in [0.29, 0.717) is 0 Å². The monoisotopic (exact) mass is 225 g/mol. The molecule has 1 aromatic rings. The molecule has 0 bridgehead atoms. The fourth-order valence-electron chi connectivity index (χ4n) is 1.68. The Morgan fingerprint density at radius 1 is 1.07 bits per heavy atom. The number of hydrogen-bond acceptors (Lipinski definition) is 1. The summed E-state index contributed by atoms with van der Waals surface area (Å²) in [5.41, 5.74) is 1.18. The first-order valence-corrected chi connectivity index (χ1v) is 6.16. The van der Waals surface area contributed by atoms with Crippen molar-refractivity contribution < 1.29 is 0 Å². The van der Waals surface area contributed by atoms with Crippen molar-refractivity contribution in [2.24, 2.45) is 0 Å². The topological polar surface area (TPSA) is 3.24 Å². The van der Waals surface area contributed by atoms with Gasteiger partial charge in [0.1, 0.15) is 0 Å². The van der Waals surface area contributed by atoms with Gasteiger partial charge in [-0.05, 0) is 25.0 Å². The predicted octanol–water partition coefficient (Wildman–Crippen LogP) is 4.36. The lowest BCUT2D eigenvalue weighted by molar-refractivity contribution is 0.704. The first-order chi connectivity index (χ1) is 7.29. The van der Waals surface area contributed by atoms with Crippen LogP contribution in [0.1, 0.15) is 33.1 Å². The molecule has 0 saturated heterocycles. The van der Waals surface area contributed by atoms with Gasteiger partial charge in [-0.25, -0.2) is 0 Å². The molecular formula is C13H20ClN. The zero-order valence-electron chi connectivity index (χ0n) is 9.67. The van der Waals surface area contributed by atoms with Crippen LogP contribution in [0, 0.1) is 0 Å². The zero-order valence-corrected chi connectivity index (χ0v) is 10.4. The molecule has 0 amide bonds. The zero-order chi connectivity index (χ0) is 11.1. The second-order valence-corrected chi connectivity index (χ2v) is 4.20.